The first-order valence-electron chi connectivity index (χ1n) is 5.79. The number of nitrogens with one attached hydrogen (secondary N) is 1. The number of furan rings is 1. The molecule has 0 aromatic carbocycles. The molecule has 0 radical (unpaired) electrons. The van der Waals surface area contributed by atoms with E-state index in [0.717, 1.165) is 0 Å². The molecule has 0 saturated carbocycles. The minimum atomic E-state index is -1.12. The normalized spacial score (nSPS) is 13.8. The highest BCUT2D eigenvalue weighted by Gasteiger charge is 2.17. The Labute approximate surface area is 113 Å². The first kappa shape index (κ1) is 15.4. The van der Waals surface area contributed by atoms with Crippen molar-refractivity contribution in [2.45, 2.75) is 25.8 Å². The van der Waals surface area contributed by atoms with Crippen LogP contribution in [0.1, 0.15) is 29.5 Å². The van der Waals surface area contributed by atoms with E-state index in [1.54, 1.807) is 6.26 Å². The predicted octanol–water partition coefficient (Wildman–Crippen LogP) is 0.794. The smallest absolute Gasteiger partial charge is 0.339 e. The number of carboxylic acid groups (broad SMARTS) is 1. The molecule has 0 aliphatic heterocycles. The molecule has 0 aliphatic carbocycles. The summed E-state index contributed by atoms with van der Waals surface area (Å²) < 4.78 is 15.9. The average molecular weight is 287 g/mol. The highest BCUT2D eigenvalue weighted by Crippen LogP contribution is 2.11. The molecule has 1 rings (SSSR count). The minimum Gasteiger partial charge on any atom is -0.478 e. The van der Waals surface area contributed by atoms with E-state index < -0.39 is 16.8 Å². The summed E-state index contributed by atoms with van der Waals surface area (Å²) in [7, 11) is -0.890. The Hall–Kier alpha value is -1.63. The van der Waals surface area contributed by atoms with Gasteiger partial charge in [-0.1, -0.05) is 0 Å². The molecule has 2 unspecified atom stereocenters. The largest absolute Gasteiger partial charge is 0.478 e. The molecule has 6 nitrogen and oxygen atoms in total. The summed E-state index contributed by atoms with van der Waals surface area (Å²) in [5, 5.41) is 11.6. The van der Waals surface area contributed by atoms with Crippen LogP contribution in [0.3, 0.4) is 0 Å². The van der Waals surface area contributed by atoms with E-state index in [1.807, 2.05) is 6.92 Å². The van der Waals surface area contributed by atoms with Gasteiger partial charge in [0.15, 0.2) is 0 Å². The fourth-order valence-corrected chi connectivity index (χ4v) is 2.24. The average Bonchev–Trinajstić information content (AvgIpc) is 2.74. The van der Waals surface area contributed by atoms with Gasteiger partial charge in [-0.15, -0.1) is 0 Å². The Bertz CT molecular complexity index is 482. The molecule has 7 heteroatoms. The Balaban J connectivity index is 2.49. The van der Waals surface area contributed by atoms with Gasteiger partial charge in [0.2, 0.25) is 5.91 Å². The molecule has 1 amide bonds. The van der Waals surface area contributed by atoms with Gasteiger partial charge < -0.3 is 14.8 Å². The lowest BCUT2D eigenvalue weighted by atomic mass is 10.2. The zero-order chi connectivity index (χ0) is 14.4. The topological polar surface area (TPSA) is 96.6 Å². The molecule has 0 saturated heterocycles. The van der Waals surface area contributed by atoms with Crippen LogP contribution in [0.25, 0.3) is 0 Å². The van der Waals surface area contributed by atoms with Gasteiger partial charge >= 0.3 is 5.97 Å². The van der Waals surface area contributed by atoms with E-state index in [4.69, 9.17) is 9.52 Å². The highest BCUT2D eigenvalue weighted by molar-refractivity contribution is 7.84. The predicted molar refractivity (Wildman–Crippen MR) is 70.5 cm³/mol. The summed E-state index contributed by atoms with van der Waals surface area (Å²) in [6.45, 7) is 1.81. The summed E-state index contributed by atoms with van der Waals surface area (Å²) in [6, 6.07) is 1.20. The number of carbonyl (C=O) groups is 2. The fourth-order valence-electron chi connectivity index (χ4n) is 1.55. The molecule has 2 atom stereocenters. The van der Waals surface area contributed by atoms with E-state index in [9.17, 15) is 13.8 Å². The van der Waals surface area contributed by atoms with Crippen molar-refractivity contribution in [1.82, 2.24) is 5.32 Å². The molecule has 0 fully saturated rings. The van der Waals surface area contributed by atoms with E-state index in [0.29, 0.717) is 12.2 Å². The van der Waals surface area contributed by atoms with E-state index in [1.165, 1.54) is 12.3 Å². The first-order valence-corrected chi connectivity index (χ1v) is 7.52. The second kappa shape index (κ2) is 7.08. The van der Waals surface area contributed by atoms with Crippen molar-refractivity contribution in [3.05, 3.63) is 23.7 Å². The summed E-state index contributed by atoms with van der Waals surface area (Å²) in [5.74, 6) is -0.781. The van der Waals surface area contributed by atoms with Crippen LogP contribution < -0.4 is 5.32 Å². The number of rotatable bonds is 7. The molecule has 0 bridgehead atoms. The monoisotopic (exact) mass is 287 g/mol. The second-order valence-electron chi connectivity index (χ2n) is 4.27. The van der Waals surface area contributed by atoms with Crippen LogP contribution in [0.2, 0.25) is 0 Å². The van der Waals surface area contributed by atoms with Gasteiger partial charge in [-0.3, -0.25) is 9.00 Å². The van der Waals surface area contributed by atoms with Crippen LogP contribution in [0, 0.1) is 0 Å². The van der Waals surface area contributed by atoms with Gasteiger partial charge in [0, 0.05) is 28.9 Å². The Kier molecular flexibility index (Phi) is 5.75. The van der Waals surface area contributed by atoms with Crippen molar-refractivity contribution in [3.8, 4) is 0 Å². The van der Waals surface area contributed by atoms with Crippen molar-refractivity contribution in [2.75, 3.05) is 12.0 Å². The van der Waals surface area contributed by atoms with Crippen LogP contribution >= 0.6 is 0 Å². The number of carboxylic acids is 1. The van der Waals surface area contributed by atoms with Crippen LogP contribution in [-0.4, -0.2) is 39.2 Å². The zero-order valence-corrected chi connectivity index (χ0v) is 11.7. The van der Waals surface area contributed by atoms with E-state index in [-0.39, 0.29) is 29.7 Å². The van der Waals surface area contributed by atoms with Gasteiger partial charge in [-0.25, -0.2) is 4.79 Å². The molecule has 2 N–H and O–H groups in total. The lowest BCUT2D eigenvalue weighted by Crippen LogP contribution is -2.34. The maximum Gasteiger partial charge on any atom is 0.339 e. The van der Waals surface area contributed by atoms with Crippen LogP contribution in [-0.2, 0) is 22.0 Å². The third-order valence-electron chi connectivity index (χ3n) is 2.54. The van der Waals surface area contributed by atoms with Crippen molar-refractivity contribution in [2.24, 2.45) is 0 Å². The van der Waals surface area contributed by atoms with Crippen molar-refractivity contribution in [1.29, 1.82) is 0 Å². The van der Waals surface area contributed by atoms with E-state index >= 15 is 0 Å². The number of carbonyl (C=O) groups excluding carboxylic acids is 1. The van der Waals surface area contributed by atoms with Crippen LogP contribution in [0.5, 0.6) is 0 Å². The molecule has 0 spiro atoms. The Morgan fingerprint density at radius 1 is 1.53 bits per heavy atom. The zero-order valence-electron chi connectivity index (χ0n) is 10.8. The number of hydrogen-bond acceptors (Lipinski definition) is 4. The van der Waals surface area contributed by atoms with Gasteiger partial charge in [0.25, 0.3) is 0 Å². The SMILES string of the molecule is CC(CCS(C)=O)NC(=O)Cc1occc1C(=O)O. The number of aromatic carboxylic acids is 1. The van der Waals surface area contributed by atoms with Gasteiger partial charge in [-0.05, 0) is 19.4 Å². The maximum atomic E-state index is 11.7. The van der Waals surface area contributed by atoms with Gasteiger partial charge in [0.05, 0.1) is 12.7 Å². The lowest BCUT2D eigenvalue weighted by molar-refractivity contribution is -0.121. The molecular weight excluding hydrogens is 270 g/mol. The molecular formula is C12H17NO5S. The first-order chi connectivity index (χ1) is 8.90. The summed E-state index contributed by atoms with van der Waals surface area (Å²) in [4.78, 5) is 22.5. The third kappa shape index (κ3) is 5.25. The Morgan fingerprint density at radius 3 is 2.79 bits per heavy atom. The minimum absolute atomic E-state index is 0.00235. The molecule has 1 aromatic heterocycles. The maximum absolute atomic E-state index is 11.7. The van der Waals surface area contributed by atoms with Gasteiger partial charge in [-0.2, -0.15) is 0 Å². The van der Waals surface area contributed by atoms with Crippen molar-refractivity contribution in [3.63, 3.8) is 0 Å². The quantitative estimate of drug-likeness (QED) is 0.773. The standard InChI is InChI=1S/C12H17NO5S/c1-8(4-6-19(2)17)13-11(14)7-10-9(12(15)16)3-5-18-10/h3,5,8H,4,6-7H2,1-2H3,(H,13,14)(H,15,16). The van der Waals surface area contributed by atoms with E-state index in [2.05, 4.69) is 5.32 Å². The van der Waals surface area contributed by atoms with Gasteiger partial charge in [0.1, 0.15) is 11.3 Å². The summed E-state index contributed by atoms with van der Waals surface area (Å²) >= 11 is 0. The third-order valence-corrected chi connectivity index (χ3v) is 3.35. The molecule has 0 aliphatic rings. The second-order valence-corrected chi connectivity index (χ2v) is 5.83. The van der Waals surface area contributed by atoms with Crippen molar-refractivity contribution >= 4 is 22.7 Å². The molecule has 19 heavy (non-hydrogen) atoms. The van der Waals surface area contributed by atoms with Crippen LogP contribution in [0.15, 0.2) is 16.7 Å². The van der Waals surface area contributed by atoms with Crippen molar-refractivity contribution < 1.29 is 23.3 Å². The fraction of sp³-hybridized carbons (Fsp3) is 0.500. The van der Waals surface area contributed by atoms with Crippen LogP contribution in [0.4, 0.5) is 0 Å². The number of amides is 1. The summed E-state index contributed by atoms with van der Waals surface area (Å²) in [5.41, 5.74) is -0.00235. The Morgan fingerprint density at radius 2 is 2.21 bits per heavy atom. The highest BCUT2D eigenvalue weighted by atomic mass is 32.2. The molecule has 1 heterocycles. The lowest BCUT2D eigenvalue weighted by Gasteiger charge is -2.12. The number of hydrogen-bond donors (Lipinski definition) is 2. The summed E-state index contributed by atoms with van der Waals surface area (Å²) in [6.07, 6.45) is 3.35. The molecule has 106 valence electrons. The molecule has 1 aromatic rings.